The molecule has 0 bridgehead atoms. The SMILES string of the molecule is O=C(c1cnc[nH]1)c1cccc2c1Nc1ncccc1CN2. The van der Waals surface area contributed by atoms with Crippen LogP contribution in [0.1, 0.15) is 21.6 Å². The third-order valence-electron chi connectivity index (χ3n) is 3.66. The fourth-order valence-electron chi connectivity index (χ4n) is 2.55. The van der Waals surface area contributed by atoms with E-state index < -0.39 is 0 Å². The number of anilines is 3. The Balaban J connectivity index is 1.83. The third-order valence-corrected chi connectivity index (χ3v) is 3.66. The maximum Gasteiger partial charge on any atom is 0.212 e. The van der Waals surface area contributed by atoms with Gasteiger partial charge in [0.25, 0.3) is 0 Å². The second-order valence-corrected chi connectivity index (χ2v) is 5.01. The molecule has 0 aliphatic carbocycles. The van der Waals surface area contributed by atoms with Gasteiger partial charge >= 0.3 is 0 Å². The summed E-state index contributed by atoms with van der Waals surface area (Å²) in [6.07, 6.45) is 4.76. The molecule has 4 rings (SSSR count). The lowest BCUT2D eigenvalue weighted by atomic mass is 10.0. The number of nitrogens with zero attached hydrogens (tertiary/aromatic N) is 2. The van der Waals surface area contributed by atoms with Crippen molar-refractivity contribution in [2.45, 2.75) is 6.54 Å². The van der Waals surface area contributed by atoms with Gasteiger partial charge in [-0.2, -0.15) is 0 Å². The molecule has 0 saturated carbocycles. The summed E-state index contributed by atoms with van der Waals surface area (Å²) in [4.78, 5) is 23.8. The number of benzene rings is 1. The molecule has 3 N–H and O–H groups in total. The molecule has 1 aliphatic heterocycles. The number of hydrogen-bond donors (Lipinski definition) is 3. The third kappa shape index (κ3) is 2.01. The lowest BCUT2D eigenvalue weighted by molar-refractivity contribution is 0.103. The van der Waals surface area contributed by atoms with Crippen LogP contribution in [0.3, 0.4) is 0 Å². The van der Waals surface area contributed by atoms with Crippen molar-refractivity contribution in [3.63, 3.8) is 0 Å². The summed E-state index contributed by atoms with van der Waals surface area (Å²) in [6, 6.07) is 9.50. The maximum atomic E-state index is 12.6. The summed E-state index contributed by atoms with van der Waals surface area (Å²) in [6.45, 7) is 0.658. The molecule has 0 spiro atoms. The molecule has 0 unspecified atom stereocenters. The van der Waals surface area contributed by atoms with Crippen LogP contribution in [-0.4, -0.2) is 20.7 Å². The van der Waals surface area contributed by atoms with E-state index in [0.29, 0.717) is 17.8 Å². The van der Waals surface area contributed by atoms with Crippen molar-refractivity contribution in [2.75, 3.05) is 10.6 Å². The Kier molecular flexibility index (Phi) is 2.86. The van der Waals surface area contributed by atoms with Gasteiger partial charge in [0.2, 0.25) is 5.78 Å². The van der Waals surface area contributed by atoms with Crippen LogP contribution in [0, 0.1) is 0 Å². The minimum atomic E-state index is -0.108. The van der Waals surface area contributed by atoms with Crippen molar-refractivity contribution in [3.05, 3.63) is 65.9 Å². The average Bonchev–Trinajstić information content (AvgIpc) is 3.02. The standard InChI is InChI=1S/C16H13N5O/c22-15(13-8-17-9-20-13)11-4-1-5-12-14(11)21-16-10(7-19-12)3-2-6-18-16/h1-6,8-9,19H,7H2,(H,17,20)(H,18,21). The number of ketones is 1. The highest BCUT2D eigenvalue weighted by atomic mass is 16.1. The Labute approximate surface area is 126 Å². The first kappa shape index (κ1) is 12.6. The fourth-order valence-corrected chi connectivity index (χ4v) is 2.55. The molecular formula is C16H13N5O. The number of carbonyl (C=O) groups excluding carboxylic acids is 1. The molecule has 0 atom stereocenters. The molecule has 108 valence electrons. The molecule has 6 heteroatoms. The molecule has 2 aromatic heterocycles. The molecule has 1 aromatic carbocycles. The highest BCUT2D eigenvalue weighted by Crippen LogP contribution is 2.34. The second kappa shape index (κ2) is 5.00. The van der Waals surface area contributed by atoms with E-state index in [1.54, 1.807) is 12.3 Å². The van der Waals surface area contributed by atoms with Crippen molar-refractivity contribution in [1.82, 2.24) is 15.0 Å². The molecule has 6 nitrogen and oxygen atoms in total. The summed E-state index contributed by atoms with van der Waals surface area (Å²) in [5, 5.41) is 6.63. The predicted molar refractivity (Wildman–Crippen MR) is 83.3 cm³/mol. The molecule has 0 radical (unpaired) electrons. The van der Waals surface area contributed by atoms with E-state index in [0.717, 1.165) is 22.8 Å². The molecule has 22 heavy (non-hydrogen) atoms. The van der Waals surface area contributed by atoms with Gasteiger partial charge in [0.15, 0.2) is 0 Å². The molecule has 0 fully saturated rings. The van der Waals surface area contributed by atoms with E-state index in [1.807, 2.05) is 24.3 Å². The molecule has 0 saturated heterocycles. The van der Waals surface area contributed by atoms with Gasteiger partial charge in [0.05, 0.1) is 23.9 Å². The van der Waals surface area contributed by atoms with E-state index in [-0.39, 0.29) is 5.78 Å². The van der Waals surface area contributed by atoms with Gasteiger partial charge in [-0.25, -0.2) is 9.97 Å². The highest BCUT2D eigenvalue weighted by Gasteiger charge is 2.21. The summed E-state index contributed by atoms with van der Waals surface area (Å²) in [5.41, 5.74) is 3.70. The minimum Gasteiger partial charge on any atom is -0.379 e. The highest BCUT2D eigenvalue weighted by molar-refractivity contribution is 6.13. The van der Waals surface area contributed by atoms with Gasteiger partial charge in [-0.3, -0.25) is 4.79 Å². The number of para-hydroxylation sites is 1. The van der Waals surface area contributed by atoms with Gasteiger partial charge in [-0.15, -0.1) is 0 Å². The first-order valence-corrected chi connectivity index (χ1v) is 6.94. The number of rotatable bonds is 2. The number of aromatic amines is 1. The van der Waals surface area contributed by atoms with E-state index >= 15 is 0 Å². The van der Waals surface area contributed by atoms with Crippen LogP contribution in [0.4, 0.5) is 17.2 Å². The zero-order valence-corrected chi connectivity index (χ0v) is 11.6. The van der Waals surface area contributed by atoms with Crippen LogP contribution in [0.5, 0.6) is 0 Å². The first-order valence-electron chi connectivity index (χ1n) is 6.94. The van der Waals surface area contributed by atoms with Crippen LogP contribution >= 0.6 is 0 Å². The number of fused-ring (bicyclic) bond motifs is 2. The largest absolute Gasteiger partial charge is 0.379 e. The topological polar surface area (TPSA) is 82.7 Å². The maximum absolute atomic E-state index is 12.6. The first-order chi connectivity index (χ1) is 10.8. The van der Waals surface area contributed by atoms with Crippen molar-refractivity contribution in [3.8, 4) is 0 Å². The van der Waals surface area contributed by atoms with Gasteiger partial charge < -0.3 is 15.6 Å². The van der Waals surface area contributed by atoms with Crippen molar-refractivity contribution >= 4 is 23.0 Å². The zero-order valence-electron chi connectivity index (χ0n) is 11.6. The Morgan fingerprint density at radius 2 is 2.14 bits per heavy atom. The smallest absolute Gasteiger partial charge is 0.212 e. The quantitative estimate of drug-likeness (QED) is 0.632. The predicted octanol–water partition coefficient (Wildman–Crippen LogP) is 2.70. The zero-order chi connectivity index (χ0) is 14.9. The van der Waals surface area contributed by atoms with Gasteiger partial charge in [0, 0.05) is 23.9 Å². The molecule has 0 amide bonds. The monoisotopic (exact) mass is 291 g/mol. The minimum absolute atomic E-state index is 0.108. The summed E-state index contributed by atoms with van der Waals surface area (Å²) in [5.74, 6) is 0.654. The Bertz CT molecular complexity index is 842. The molecule has 3 heterocycles. The molecular weight excluding hydrogens is 278 g/mol. The van der Waals surface area contributed by atoms with Crippen LogP contribution in [0.15, 0.2) is 49.1 Å². The van der Waals surface area contributed by atoms with Crippen molar-refractivity contribution in [1.29, 1.82) is 0 Å². The Morgan fingerprint density at radius 3 is 3.00 bits per heavy atom. The number of hydrogen-bond acceptors (Lipinski definition) is 5. The number of nitrogens with one attached hydrogen (secondary N) is 3. The van der Waals surface area contributed by atoms with E-state index in [4.69, 9.17) is 0 Å². The van der Waals surface area contributed by atoms with Crippen LogP contribution in [0.2, 0.25) is 0 Å². The van der Waals surface area contributed by atoms with Crippen LogP contribution in [0.25, 0.3) is 0 Å². The molecule has 1 aliphatic rings. The van der Waals surface area contributed by atoms with Gasteiger partial charge in [0.1, 0.15) is 11.5 Å². The summed E-state index contributed by atoms with van der Waals surface area (Å²) < 4.78 is 0. The van der Waals surface area contributed by atoms with Gasteiger partial charge in [-0.1, -0.05) is 12.1 Å². The average molecular weight is 291 g/mol. The van der Waals surface area contributed by atoms with Crippen LogP contribution < -0.4 is 10.6 Å². The number of aromatic nitrogens is 3. The Hall–Kier alpha value is -3.15. The van der Waals surface area contributed by atoms with Crippen LogP contribution in [-0.2, 0) is 6.54 Å². The number of imidazole rings is 1. The number of pyridine rings is 1. The van der Waals surface area contributed by atoms with E-state index in [2.05, 4.69) is 25.6 Å². The fraction of sp³-hybridized carbons (Fsp3) is 0.0625. The van der Waals surface area contributed by atoms with E-state index in [1.165, 1.54) is 12.5 Å². The van der Waals surface area contributed by atoms with Gasteiger partial charge in [-0.05, 0) is 18.2 Å². The number of carbonyl (C=O) groups is 1. The number of H-pyrrole nitrogens is 1. The summed E-state index contributed by atoms with van der Waals surface area (Å²) >= 11 is 0. The summed E-state index contributed by atoms with van der Waals surface area (Å²) in [7, 11) is 0. The van der Waals surface area contributed by atoms with Crippen molar-refractivity contribution < 1.29 is 4.79 Å². The second-order valence-electron chi connectivity index (χ2n) is 5.01. The lowest BCUT2D eigenvalue weighted by Gasteiger charge is -2.12. The normalized spacial score (nSPS) is 12.4. The lowest BCUT2D eigenvalue weighted by Crippen LogP contribution is -2.07. The Morgan fingerprint density at radius 1 is 1.18 bits per heavy atom. The molecule has 3 aromatic rings. The van der Waals surface area contributed by atoms with E-state index in [9.17, 15) is 4.79 Å². The van der Waals surface area contributed by atoms with Crippen molar-refractivity contribution in [2.24, 2.45) is 0 Å².